The third-order valence-corrected chi connectivity index (χ3v) is 6.02. The van der Waals surface area contributed by atoms with E-state index in [1.54, 1.807) is 12.1 Å². The number of hydrogen-bond acceptors (Lipinski definition) is 4. The van der Waals surface area contributed by atoms with Gasteiger partial charge in [-0.1, -0.05) is 0 Å². The highest BCUT2D eigenvalue weighted by molar-refractivity contribution is 5.92. The number of rotatable bonds is 3. The van der Waals surface area contributed by atoms with Gasteiger partial charge >= 0.3 is 0 Å². The molecule has 0 spiro atoms. The van der Waals surface area contributed by atoms with Crippen molar-refractivity contribution in [1.29, 1.82) is 0 Å². The number of likely N-dealkylation sites (N-methyl/N-ethyl adjacent to an activating group) is 1. The molecule has 2 atom stereocenters. The second kappa shape index (κ2) is 7.46. The minimum absolute atomic E-state index is 0.115. The molecule has 1 aromatic carbocycles. The number of piperazine rings is 2. The number of amides is 2. The van der Waals surface area contributed by atoms with Crippen molar-refractivity contribution < 1.29 is 14.0 Å². The van der Waals surface area contributed by atoms with Crippen molar-refractivity contribution in [3.8, 4) is 0 Å². The van der Waals surface area contributed by atoms with Gasteiger partial charge in [-0.15, -0.1) is 0 Å². The van der Waals surface area contributed by atoms with Gasteiger partial charge in [0.2, 0.25) is 11.8 Å². The molecule has 6 nitrogen and oxygen atoms in total. The van der Waals surface area contributed by atoms with E-state index in [0.717, 1.165) is 45.0 Å². The van der Waals surface area contributed by atoms with Crippen LogP contribution >= 0.6 is 0 Å². The van der Waals surface area contributed by atoms with Crippen molar-refractivity contribution in [1.82, 2.24) is 14.7 Å². The molecule has 4 rings (SSSR count). The summed E-state index contributed by atoms with van der Waals surface area (Å²) in [4.78, 5) is 33.6. The van der Waals surface area contributed by atoms with Gasteiger partial charge in [-0.05, 0) is 37.7 Å². The van der Waals surface area contributed by atoms with E-state index in [1.165, 1.54) is 12.1 Å². The summed E-state index contributed by atoms with van der Waals surface area (Å²) in [6.07, 6.45) is 0.697. The molecular weight excluding hydrogens is 347 g/mol. The normalized spacial score (nSPS) is 26.2. The van der Waals surface area contributed by atoms with E-state index in [9.17, 15) is 14.0 Å². The molecule has 1 aromatic rings. The lowest BCUT2D eigenvalue weighted by Gasteiger charge is -2.36. The zero-order valence-corrected chi connectivity index (χ0v) is 15.8. The van der Waals surface area contributed by atoms with E-state index in [1.807, 2.05) is 9.80 Å². The van der Waals surface area contributed by atoms with Gasteiger partial charge in [0.1, 0.15) is 5.82 Å². The Morgan fingerprint density at radius 2 is 1.30 bits per heavy atom. The Morgan fingerprint density at radius 3 is 1.81 bits per heavy atom. The molecule has 146 valence electrons. The lowest BCUT2D eigenvalue weighted by molar-refractivity contribution is -0.139. The van der Waals surface area contributed by atoms with E-state index in [0.29, 0.717) is 19.5 Å². The zero-order chi connectivity index (χ0) is 19.0. The summed E-state index contributed by atoms with van der Waals surface area (Å²) in [5, 5.41) is 0. The highest BCUT2D eigenvalue weighted by Gasteiger charge is 2.51. The van der Waals surface area contributed by atoms with Gasteiger partial charge in [0.25, 0.3) is 0 Å². The lowest BCUT2D eigenvalue weighted by atomic mass is 10.2. The van der Waals surface area contributed by atoms with Gasteiger partial charge in [0.15, 0.2) is 0 Å². The van der Waals surface area contributed by atoms with Crippen LogP contribution in [0, 0.1) is 17.7 Å². The number of halogens is 1. The molecule has 1 saturated carbocycles. The first-order valence-corrected chi connectivity index (χ1v) is 9.79. The van der Waals surface area contributed by atoms with Crippen LogP contribution in [0.25, 0.3) is 0 Å². The molecule has 2 unspecified atom stereocenters. The van der Waals surface area contributed by atoms with Crippen LogP contribution in [0.3, 0.4) is 0 Å². The molecule has 0 aromatic heterocycles. The number of carbonyl (C=O) groups is 2. The number of anilines is 1. The number of hydrogen-bond donors (Lipinski definition) is 0. The van der Waals surface area contributed by atoms with Crippen LogP contribution in [-0.2, 0) is 9.59 Å². The Hall–Kier alpha value is -2.15. The van der Waals surface area contributed by atoms with Gasteiger partial charge in [0, 0.05) is 58.0 Å². The topological polar surface area (TPSA) is 47.1 Å². The molecule has 1 aliphatic carbocycles. The van der Waals surface area contributed by atoms with Crippen molar-refractivity contribution in [2.24, 2.45) is 11.8 Å². The molecule has 2 saturated heterocycles. The second-order valence-electron chi connectivity index (χ2n) is 7.87. The predicted octanol–water partition coefficient (Wildman–Crippen LogP) is 0.884. The maximum atomic E-state index is 13.1. The van der Waals surface area contributed by atoms with Gasteiger partial charge in [-0.2, -0.15) is 0 Å². The Labute approximate surface area is 159 Å². The third kappa shape index (κ3) is 3.93. The third-order valence-electron chi connectivity index (χ3n) is 6.02. The molecule has 0 N–H and O–H groups in total. The molecule has 2 heterocycles. The zero-order valence-electron chi connectivity index (χ0n) is 15.8. The van der Waals surface area contributed by atoms with Gasteiger partial charge < -0.3 is 19.6 Å². The first-order chi connectivity index (χ1) is 13.0. The molecule has 27 heavy (non-hydrogen) atoms. The molecular formula is C20H27FN4O2. The average Bonchev–Trinajstić information content (AvgIpc) is 3.49. The van der Waals surface area contributed by atoms with Crippen LogP contribution in [0.5, 0.6) is 0 Å². The minimum Gasteiger partial charge on any atom is -0.368 e. The average molecular weight is 374 g/mol. The fourth-order valence-electron chi connectivity index (χ4n) is 4.07. The van der Waals surface area contributed by atoms with Gasteiger partial charge in [0.05, 0.1) is 11.8 Å². The van der Waals surface area contributed by atoms with Crippen molar-refractivity contribution in [3.63, 3.8) is 0 Å². The van der Waals surface area contributed by atoms with Crippen molar-refractivity contribution in [2.75, 3.05) is 64.3 Å². The van der Waals surface area contributed by atoms with Crippen LogP contribution in [0.1, 0.15) is 6.42 Å². The summed E-state index contributed by atoms with van der Waals surface area (Å²) in [5.74, 6) is -0.199. The summed E-state index contributed by atoms with van der Waals surface area (Å²) in [6.45, 7) is 6.13. The quantitative estimate of drug-likeness (QED) is 0.788. The standard InChI is InChI=1S/C20H27FN4O2/c1-22-6-8-24(9-7-22)19(26)17-14-18(17)20(27)25-12-10-23(11-13-25)16-4-2-15(21)3-5-16/h2-5,17-18H,6-14H2,1H3. The molecule has 2 amide bonds. The summed E-state index contributed by atoms with van der Waals surface area (Å²) in [6, 6.07) is 6.48. The number of nitrogens with zero attached hydrogens (tertiary/aromatic N) is 4. The summed E-state index contributed by atoms with van der Waals surface area (Å²) in [5.41, 5.74) is 0.984. The molecule has 0 bridgehead atoms. The fourth-order valence-corrected chi connectivity index (χ4v) is 4.07. The molecule has 7 heteroatoms. The maximum Gasteiger partial charge on any atom is 0.226 e. The first kappa shape index (κ1) is 18.2. The Balaban J connectivity index is 1.26. The summed E-state index contributed by atoms with van der Waals surface area (Å²) < 4.78 is 13.1. The smallest absolute Gasteiger partial charge is 0.226 e. The Morgan fingerprint density at radius 1 is 0.815 bits per heavy atom. The van der Waals surface area contributed by atoms with E-state index in [-0.39, 0.29) is 29.5 Å². The summed E-state index contributed by atoms with van der Waals surface area (Å²) >= 11 is 0. The molecule has 2 aliphatic heterocycles. The van der Waals surface area contributed by atoms with E-state index >= 15 is 0 Å². The number of benzene rings is 1. The summed E-state index contributed by atoms with van der Waals surface area (Å²) in [7, 11) is 2.07. The highest BCUT2D eigenvalue weighted by Crippen LogP contribution is 2.41. The largest absolute Gasteiger partial charge is 0.368 e. The molecule has 3 aliphatic rings. The molecule has 0 radical (unpaired) electrons. The van der Waals surface area contributed by atoms with Crippen LogP contribution in [0.2, 0.25) is 0 Å². The SMILES string of the molecule is CN1CCN(C(=O)C2CC2C(=O)N2CCN(c3ccc(F)cc3)CC2)CC1. The highest BCUT2D eigenvalue weighted by atomic mass is 19.1. The molecule has 3 fully saturated rings. The van der Waals surface area contributed by atoms with Crippen molar-refractivity contribution >= 4 is 17.5 Å². The monoisotopic (exact) mass is 374 g/mol. The van der Waals surface area contributed by atoms with Gasteiger partial charge in [-0.25, -0.2) is 4.39 Å². The minimum atomic E-state index is -0.239. The van der Waals surface area contributed by atoms with E-state index < -0.39 is 0 Å². The fraction of sp³-hybridized carbons (Fsp3) is 0.600. The van der Waals surface area contributed by atoms with E-state index in [4.69, 9.17) is 0 Å². The van der Waals surface area contributed by atoms with Crippen LogP contribution in [0.4, 0.5) is 10.1 Å². The Kier molecular flexibility index (Phi) is 5.04. The lowest BCUT2D eigenvalue weighted by Crippen LogP contribution is -2.50. The number of carbonyl (C=O) groups excluding carboxylic acids is 2. The second-order valence-corrected chi connectivity index (χ2v) is 7.87. The first-order valence-electron chi connectivity index (χ1n) is 9.79. The van der Waals surface area contributed by atoms with Gasteiger partial charge in [-0.3, -0.25) is 9.59 Å². The predicted molar refractivity (Wildman–Crippen MR) is 101 cm³/mol. The maximum absolute atomic E-state index is 13.1. The van der Waals surface area contributed by atoms with Crippen molar-refractivity contribution in [3.05, 3.63) is 30.1 Å². The van der Waals surface area contributed by atoms with Crippen LogP contribution < -0.4 is 4.90 Å². The van der Waals surface area contributed by atoms with Crippen LogP contribution in [0.15, 0.2) is 24.3 Å². The van der Waals surface area contributed by atoms with Crippen LogP contribution in [-0.4, -0.2) is 85.9 Å². The Bertz CT molecular complexity index is 694. The van der Waals surface area contributed by atoms with Crippen molar-refractivity contribution in [2.45, 2.75) is 6.42 Å². The van der Waals surface area contributed by atoms with E-state index in [2.05, 4.69) is 16.8 Å².